The van der Waals surface area contributed by atoms with Crippen molar-refractivity contribution in [3.8, 4) is 5.75 Å². The molecule has 4 aromatic rings. The maximum Gasteiger partial charge on any atom is 0.206 e. The van der Waals surface area contributed by atoms with E-state index < -0.39 is 0 Å². The summed E-state index contributed by atoms with van der Waals surface area (Å²) in [5, 5.41) is 4.67. The second-order valence-corrected chi connectivity index (χ2v) is 6.33. The Kier molecular flexibility index (Phi) is 4.66. The first-order valence-corrected chi connectivity index (χ1v) is 8.81. The first kappa shape index (κ1) is 17.0. The molecule has 0 atom stereocenters. The fourth-order valence-corrected chi connectivity index (χ4v) is 3.12. The molecule has 0 N–H and O–H groups in total. The average molecular weight is 358 g/mol. The molecule has 0 spiro atoms. The molecule has 1 heterocycles. The molecule has 3 aromatic carbocycles. The Labute approximate surface area is 157 Å². The zero-order chi connectivity index (χ0) is 18.6. The number of ether oxygens (including phenoxy) is 1. The molecule has 4 rings (SSSR count). The summed E-state index contributed by atoms with van der Waals surface area (Å²) in [6.07, 6.45) is 0. The quantitative estimate of drug-likeness (QED) is 0.393. The first-order valence-electron chi connectivity index (χ1n) is 8.81. The number of para-hydroxylation sites is 2. The molecule has 27 heavy (non-hydrogen) atoms. The predicted octanol–water partition coefficient (Wildman–Crippen LogP) is 3.26. The molecule has 0 fully saturated rings. The van der Waals surface area contributed by atoms with Crippen molar-refractivity contribution in [2.75, 3.05) is 7.11 Å². The molecule has 134 valence electrons. The molecular formula is C22H20N3O2+. The Hall–Kier alpha value is -3.47. The average Bonchev–Trinajstić information content (AvgIpc) is 3.06. The lowest BCUT2D eigenvalue weighted by molar-refractivity contribution is -0.724. The molecule has 0 saturated carbocycles. The Morgan fingerprint density at radius 1 is 0.963 bits per heavy atom. The molecule has 1 aromatic heterocycles. The van der Waals surface area contributed by atoms with Gasteiger partial charge in [-0.15, -0.1) is 9.36 Å². The number of hydrogen-bond acceptors (Lipinski definition) is 3. The summed E-state index contributed by atoms with van der Waals surface area (Å²) < 4.78 is 8.86. The van der Waals surface area contributed by atoms with E-state index in [2.05, 4.69) is 17.3 Å². The summed E-state index contributed by atoms with van der Waals surface area (Å²) in [7, 11) is 1.61. The summed E-state index contributed by atoms with van der Waals surface area (Å²) in [5.74, 6) is 0.745. The molecule has 0 aliphatic rings. The van der Waals surface area contributed by atoms with E-state index in [4.69, 9.17) is 4.74 Å². The van der Waals surface area contributed by atoms with E-state index in [0.29, 0.717) is 12.1 Å². The van der Waals surface area contributed by atoms with Crippen LogP contribution >= 0.6 is 0 Å². The van der Waals surface area contributed by atoms with E-state index >= 15 is 0 Å². The van der Waals surface area contributed by atoms with Crippen LogP contribution in [0, 0.1) is 0 Å². The van der Waals surface area contributed by atoms with Crippen molar-refractivity contribution in [1.82, 2.24) is 9.90 Å². The summed E-state index contributed by atoms with van der Waals surface area (Å²) >= 11 is 0. The minimum atomic E-state index is 0.0118. The Balaban J connectivity index is 1.64. The van der Waals surface area contributed by atoms with Gasteiger partial charge in [-0.3, -0.25) is 4.79 Å². The van der Waals surface area contributed by atoms with E-state index in [1.807, 2.05) is 47.1 Å². The molecule has 0 saturated heterocycles. The third-order valence-corrected chi connectivity index (χ3v) is 4.53. The van der Waals surface area contributed by atoms with E-state index in [0.717, 1.165) is 16.8 Å². The maximum absolute atomic E-state index is 12.7. The lowest BCUT2D eigenvalue weighted by atomic mass is 10.1. The highest BCUT2D eigenvalue weighted by Crippen LogP contribution is 2.14. The van der Waals surface area contributed by atoms with E-state index in [9.17, 15) is 4.79 Å². The first-order chi connectivity index (χ1) is 13.2. The van der Waals surface area contributed by atoms with Crippen LogP contribution in [-0.4, -0.2) is 22.8 Å². The summed E-state index contributed by atoms with van der Waals surface area (Å²) in [6, 6.07) is 25.3. The van der Waals surface area contributed by atoms with Gasteiger partial charge in [-0.1, -0.05) is 42.5 Å². The molecule has 5 heteroatoms. The lowest BCUT2D eigenvalue weighted by Gasteiger charge is -2.01. The van der Waals surface area contributed by atoms with Gasteiger partial charge in [-0.05, 0) is 42.0 Å². The number of hydrogen-bond donors (Lipinski definition) is 0. The molecule has 0 bridgehead atoms. The highest BCUT2D eigenvalue weighted by molar-refractivity contribution is 5.96. The van der Waals surface area contributed by atoms with Crippen molar-refractivity contribution in [3.63, 3.8) is 0 Å². The number of benzene rings is 3. The van der Waals surface area contributed by atoms with Crippen LogP contribution in [0.15, 0.2) is 78.9 Å². The molecule has 0 aliphatic heterocycles. The molecule has 0 amide bonds. The highest BCUT2D eigenvalue weighted by Gasteiger charge is 2.20. The number of nitrogens with zero attached hydrogens (tertiary/aromatic N) is 3. The zero-order valence-electron chi connectivity index (χ0n) is 15.1. The number of rotatable bonds is 6. The van der Waals surface area contributed by atoms with Gasteiger partial charge in [0, 0.05) is 5.56 Å². The summed E-state index contributed by atoms with van der Waals surface area (Å²) in [4.78, 5) is 12.7. The molecule has 0 radical (unpaired) electrons. The molecule has 5 nitrogen and oxygen atoms in total. The van der Waals surface area contributed by atoms with E-state index in [-0.39, 0.29) is 12.3 Å². The van der Waals surface area contributed by atoms with Gasteiger partial charge >= 0.3 is 0 Å². The van der Waals surface area contributed by atoms with Crippen molar-refractivity contribution >= 4 is 16.8 Å². The summed E-state index contributed by atoms with van der Waals surface area (Å²) in [6.45, 7) is 0.847. The second-order valence-electron chi connectivity index (χ2n) is 6.33. The third kappa shape index (κ3) is 3.58. The van der Waals surface area contributed by atoms with Crippen molar-refractivity contribution in [2.45, 2.75) is 13.1 Å². The van der Waals surface area contributed by atoms with Crippen molar-refractivity contribution < 1.29 is 14.2 Å². The van der Waals surface area contributed by atoms with Crippen molar-refractivity contribution in [2.24, 2.45) is 0 Å². The van der Waals surface area contributed by atoms with E-state index in [1.165, 1.54) is 5.56 Å². The number of methoxy groups -OCH3 is 1. The van der Waals surface area contributed by atoms with Gasteiger partial charge in [0.25, 0.3) is 0 Å². The number of ketones is 1. The van der Waals surface area contributed by atoms with Crippen LogP contribution in [0.2, 0.25) is 0 Å². The molecular weight excluding hydrogens is 338 g/mol. The SMILES string of the molecule is COc1ccc(C(=O)Cn2n[n+](Cc3ccccc3)c3ccccc32)cc1. The highest BCUT2D eigenvalue weighted by atomic mass is 16.5. The Morgan fingerprint density at radius 2 is 1.67 bits per heavy atom. The van der Waals surface area contributed by atoms with Gasteiger partial charge in [0.1, 0.15) is 12.3 Å². The minimum absolute atomic E-state index is 0.0118. The van der Waals surface area contributed by atoms with Crippen molar-refractivity contribution in [1.29, 1.82) is 0 Å². The topological polar surface area (TPSA) is 48.0 Å². The van der Waals surface area contributed by atoms with Gasteiger partial charge in [-0.2, -0.15) is 0 Å². The Morgan fingerprint density at radius 3 is 2.41 bits per heavy atom. The van der Waals surface area contributed by atoms with Gasteiger partial charge in [0.05, 0.1) is 12.3 Å². The Bertz CT molecular complexity index is 1070. The largest absolute Gasteiger partial charge is 0.497 e. The zero-order valence-corrected chi connectivity index (χ0v) is 15.1. The van der Waals surface area contributed by atoms with Crippen molar-refractivity contribution in [3.05, 3.63) is 90.0 Å². The number of carbonyl (C=O) groups excluding carboxylic acids is 1. The van der Waals surface area contributed by atoms with Gasteiger partial charge in [-0.25, -0.2) is 0 Å². The van der Waals surface area contributed by atoms with Crippen LogP contribution < -0.4 is 9.42 Å². The van der Waals surface area contributed by atoms with Crippen LogP contribution in [0.4, 0.5) is 0 Å². The van der Waals surface area contributed by atoms with Gasteiger partial charge in [0.2, 0.25) is 5.78 Å². The normalized spacial score (nSPS) is 10.9. The number of carbonyl (C=O) groups is 1. The summed E-state index contributed by atoms with van der Waals surface area (Å²) in [5.41, 5.74) is 3.75. The second kappa shape index (κ2) is 7.41. The number of Topliss-reactive ketones (excluding diaryl/α,β-unsaturated/α-hetero) is 1. The number of aromatic nitrogens is 3. The minimum Gasteiger partial charge on any atom is -0.497 e. The maximum atomic E-state index is 12.7. The van der Waals surface area contributed by atoms with Crippen LogP contribution in [0.5, 0.6) is 5.75 Å². The van der Waals surface area contributed by atoms with Crippen LogP contribution in [0.1, 0.15) is 15.9 Å². The van der Waals surface area contributed by atoms with E-state index in [1.54, 1.807) is 36.1 Å². The van der Waals surface area contributed by atoms with Crippen LogP contribution in [0.25, 0.3) is 11.0 Å². The number of fused-ring (bicyclic) bond motifs is 1. The molecule has 0 unspecified atom stereocenters. The standard InChI is InChI=1S/C22H20N3O2/c1-27-19-13-11-18(12-14-19)22(26)16-25-21-10-6-5-9-20(21)24(23-25)15-17-7-3-2-4-8-17/h2-14H,15-16H2,1H3/q+1. The third-order valence-electron chi connectivity index (χ3n) is 4.53. The predicted molar refractivity (Wildman–Crippen MR) is 103 cm³/mol. The monoisotopic (exact) mass is 358 g/mol. The smallest absolute Gasteiger partial charge is 0.206 e. The fourth-order valence-electron chi connectivity index (χ4n) is 3.12. The van der Waals surface area contributed by atoms with Crippen LogP contribution in [0.3, 0.4) is 0 Å². The van der Waals surface area contributed by atoms with Crippen LogP contribution in [-0.2, 0) is 13.1 Å². The van der Waals surface area contributed by atoms with Gasteiger partial charge in [0.15, 0.2) is 17.6 Å². The fraction of sp³-hybridized carbons (Fsp3) is 0.136. The lowest BCUT2D eigenvalue weighted by Crippen LogP contribution is -2.38. The van der Waals surface area contributed by atoms with Gasteiger partial charge < -0.3 is 4.74 Å². The molecule has 0 aliphatic carbocycles.